The van der Waals surface area contributed by atoms with Crippen molar-refractivity contribution in [2.75, 3.05) is 39.6 Å². The first kappa shape index (κ1) is 91.1. The highest BCUT2D eigenvalue weighted by Gasteiger charge is 2.30. The Labute approximate surface area is 568 Å². The van der Waals surface area contributed by atoms with Crippen LogP contribution in [0.4, 0.5) is 0 Å². The zero-order chi connectivity index (χ0) is 68.4. The third-order valence-corrected chi connectivity index (χ3v) is 19.2. The van der Waals surface area contributed by atoms with Crippen molar-refractivity contribution in [3.05, 3.63) is 0 Å². The van der Waals surface area contributed by atoms with E-state index in [2.05, 4.69) is 34.6 Å². The monoisotopic (exact) mass is 1370 g/mol. The van der Waals surface area contributed by atoms with E-state index in [0.29, 0.717) is 25.7 Å². The van der Waals surface area contributed by atoms with Gasteiger partial charge >= 0.3 is 39.5 Å². The molecule has 19 heteroatoms. The summed E-state index contributed by atoms with van der Waals surface area (Å²) < 4.78 is 68.2. The third-order valence-electron chi connectivity index (χ3n) is 17.3. The minimum Gasteiger partial charge on any atom is -0.462 e. The second-order valence-electron chi connectivity index (χ2n) is 27.2. The van der Waals surface area contributed by atoms with E-state index in [4.69, 9.17) is 37.0 Å². The normalized spacial score (nSPS) is 14.0. The molecule has 0 radical (unpaired) electrons. The molecule has 0 rings (SSSR count). The van der Waals surface area contributed by atoms with Crippen molar-refractivity contribution in [2.45, 2.75) is 406 Å². The predicted molar refractivity (Wildman–Crippen MR) is 377 cm³/mol. The number of phosphoric acid groups is 2. The van der Waals surface area contributed by atoms with Crippen LogP contribution >= 0.6 is 15.6 Å². The standard InChI is InChI=1S/C74H144O17P2/c1-6-9-12-15-17-19-21-23-25-27-28-29-31-33-35-37-39-44-49-54-59-73(78)91-70(64-85-72(77)58-53-48-43-38-36-34-32-30-26-24-22-20-18-16-13-10-7-2)66-89-93(82,83)87-62-68(75)61-86-92(80,81)88-65-69(63-84-71(76)57-52-46-14-11-8-3)90-74(79)60-55-50-45-41-40-42-47-51-56-67(4)5/h67-70,75H,6-66H2,1-5H3,(H,80,81)(H,82,83)/t68-,69+,70+/m0/s1. The van der Waals surface area contributed by atoms with Crippen molar-refractivity contribution < 1.29 is 80.2 Å². The number of unbranched alkanes of at least 4 members (excludes halogenated alkanes) is 46. The fraction of sp³-hybridized carbons (Fsp3) is 0.946. The van der Waals surface area contributed by atoms with Gasteiger partial charge in [0, 0.05) is 25.7 Å². The maximum Gasteiger partial charge on any atom is 0.472 e. The zero-order valence-electron chi connectivity index (χ0n) is 60.4. The number of aliphatic hydroxyl groups excluding tert-OH is 1. The first-order chi connectivity index (χ1) is 45.0. The number of phosphoric ester groups is 2. The largest absolute Gasteiger partial charge is 0.472 e. The Bertz CT molecular complexity index is 1790. The van der Waals surface area contributed by atoms with Gasteiger partial charge in [0.15, 0.2) is 12.2 Å². The Morgan fingerprint density at radius 3 is 0.731 bits per heavy atom. The summed E-state index contributed by atoms with van der Waals surface area (Å²) in [4.78, 5) is 72.4. The molecule has 0 fully saturated rings. The molecule has 0 bridgehead atoms. The number of hydrogen-bond donors (Lipinski definition) is 3. The molecule has 93 heavy (non-hydrogen) atoms. The van der Waals surface area contributed by atoms with Gasteiger partial charge in [-0.05, 0) is 31.6 Å². The minimum atomic E-state index is -4.95. The van der Waals surface area contributed by atoms with Crippen LogP contribution in [0, 0.1) is 5.92 Å². The average Bonchev–Trinajstić information content (AvgIpc) is 2.26. The van der Waals surface area contributed by atoms with Gasteiger partial charge in [0.1, 0.15) is 19.3 Å². The van der Waals surface area contributed by atoms with Gasteiger partial charge in [0.2, 0.25) is 0 Å². The average molecular weight is 1370 g/mol. The fourth-order valence-corrected chi connectivity index (χ4v) is 12.9. The number of ether oxygens (including phenoxy) is 4. The molecule has 0 aromatic carbocycles. The Hall–Kier alpha value is -1.94. The molecule has 5 atom stereocenters. The molecule has 0 aromatic rings. The molecular formula is C74H144O17P2. The van der Waals surface area contributed by atoms with E-state index >= 15 is 0 Å². The van der Waals surface area contributed by atoms with Crippen LogP contribution in [-0.2, 0) is 65.4 Å². The molecule has 0 aliphatic carbocycles. The van der Waals surface area contributed by atoms with Crippen molar-refractivity contribution >= 4 is 39.5 Å². The Kier molecular flexibility index (Phi) is 65.9. The maximum atomic E-state index is 13.1. The zero-order valence-corrected chi connectivity index (χ0v) is 62.2. The molecule has 17 nitrogen and oxygen atoms in total. The number of hydrogen-bond acceptors (Lipinski definition) is 15. The van der Waals surface area contributed by atoms with E-state index in [9.17, 15) is 43.2 Å². The van der Waals surface area contributed by atoms with Gasteiger partial charge in [-0.2, -0.15) is 0 Å². The topological polar surface area (TPSA) is 237 Å². The van der Waals surface area contributed by atoms with Crippen molar-refractivity contribution in [3.63, 3.8) is 0 Å². The number of esters is 4. The summed E-state index contributed by atoms with van der Waals surface area (Å²) in [7, 11) is -9.90. The summed E-state index contributed by atoms with van der Waals surface area (Å²) in [5, 5.41) is 10.6. The molecule has 0 saturated heterocycles. The lowest BCUT2D eigenvalue weighted by molar-refractivity contribution is -0.161. The number of carbonyl (C=O) groups excluding carboxylic acids is 4. The van der Waals surface area contributed by atoms with Crippen molar-refractivity contribution in [1.82, 2.24) is 0 Å². The molecule has 0 aliphatic heterocycles. The second-order valence-corrected chi connectivity index (χ2v) is 30.1. The van der Waals surface area contributed by atoms with E-state index in [-0.39, 0.29) is 25.7 Å². The molecule has 0 aromatic heterocycles. The first-order valence-electron chi connectivity index (χ1n) is 38.6. The highest BCUT2D eigenvalue weighted by Crippen LogP contribution is 2.45. The van der Waals surface area contributed by atoms with E-state index in [1.54, 1.807) is 0 Å². The van der Waals surface area contributed by atoms with E-state index in [0.717, 1.165) is 102 Å². The maximum absolute atomic E-state index is 13.1. The molecule has 0 spiro atoms. The SMILES string of the molecule is CCCCCCCCCCCCCCCCCCCCCCC(=O)O[C@H](COC(=O)CCCCCCCCCCCCCCCCCCC)COP(=O)(O)OC[C@@H](O)COP(=O)(O)OC[C@@H](COC(=O)CCCCCCC)OC(=O)CCCCCCCCCCC(C)C. The molecule has 0 heterocycles. The number of rotatable bonds is 74. The van der Waals surface area contributed by atoms with Crippen LogP contribution in [0.25, 0.3) is 0 Å². The summed E-state index contributed by atoms with van der Waals surface area (Å²) in [6, 6.07) is 0. The molecular weight excluding hydrogens is 1220 g/mol. The number of carbonyl (C=O) groups is 4. The van der Waals surface area contributed by atoms with E-state index in [1.165, 1.54) is 205 Å². The summed E-state index contributed by atoms with van der Waals surface area (Å²) >= 11 is 0. The van der Waals surface area contributed by atoms with E-state index in [1.807, 2.05) is 0 Å². The number of aliphatic hydroxyl groups is 1. The molecule has 0 saturated carbocycles. The summed E-state index contributed by atoms with van der Waals surface area (Å²) in [6.07, 6.45) is 56.1. The Balaban J connectivity index is 5.13. The van der Waals surface area contributed by atoms with E-state index < -0.39 is 97.5 Å². The lowest BCUT2D eigenvalue weighted by Crippen LogP contribution is -2.30. The third kappa shape index (κ3) is 68.4. The minimum absolute atomic E-state index is 0.104. The summed E-state index contributed by atoms with van der Waals surface area (Å²) in [6.45, 7) is 7.14. The molecule has 0 aliphatic rings. The lowest BCUT2D eigenvalue weighted by atomic mass is 10.0. The van der Waals surface area contributed by atoms with Gasteiger partial charge in [0.25, 0.3) is 0 Å². The molecule has 552 valence electrons. The first-order valence-corrected chi connectivity index (χ1v) is 41.6. The lowest BCUT2D eigenvalue weighted by Gasteiger charge is -2.21. The molecule has 3 N–H and O–H groups in total. The van der Waals surface area contributed by atoms with Crippen molar-refractivity contribution in [1.29, 1.82) is 0 Å². The summed E-state index contributed by atoms with van der Waals surface area (Å²) in [5.74, 6) is -1.41. The van der Waals surface area contributed by atoms with Crippen LogP contribution in [0.15, 0.2) is 0 Å². The van der Waals surface area contributed by atoms with Crippen LogP contribution in [0.2, 0.25) is 0 Å². The Morgan fingerprint density at radius 2 is 0.495 bits per heavy atom. The van der Waals surface area contributed by atoms with Crippen LogP contribution in [-0.4, -0.2) is 96.7 Å². The smallest absolute Gasteiger partial charge is 0.462 e. The van der Waals surface area contributed by atoms with Crippen LogP contribution in [0.5, 0.6) is 0 Å². The van der Waals surface area contributed by atoms with Gasteiger partial charge in [-0.25, -0.2) is 9.13 Å². The molecule has 0 amide bonds. The van der Waals surface area contributed by atoms with Gasteiger partial charge in [-0.1, -0.05) is 336 Å². The van der Waals surface area contributed by atoms with Crippen molar-refractivity contribution in [2.24, 2.45) is 5.92 Å². The van der Waals surface area contributed by atoms with Crippen LogP contribution < -0.4 is 0 Å². The summed E-state index contributed by atoms with van der Waals surface area (Å²) in [5.41, 5.74) is 0. The quantitative estimate of drug-likeness (QED) is 0.0222. The van der Waals surface area contributed by atoms with Gasteiger partial charge in [0.05, 0.1) is 26.4 Å². The highest BCUT2D eigenvalue weighted by molar-refractivity contribution is 7.47. The second kappa shape index (κ2) is 67.3. The van der Waals surface area contributed by atoms with Crippen LogP contribution in [0.1, 0.15) is 388 Å². The van der Waals surface area contributed by atoms with Crippen LogP contribution in [0.3, 0.4) is 0 Å². The molecule has 2 unspecified atom stereocenters. The van der Waals surface area contributed by atoms with Gasteiger partial charge < -0.3 is 33.8 Å². The van der Waals surface area contributed by atoms with Gasteiger partial charge in [-0.3, -0.25) is 37.3 Å². The van der Waals surface area contributed by atoms with Gasteiger partial charge in [-0.15, -0.1) is 0 Å². The fourth-order valence-electron chi connectivity index (χ4n) is 11.4. The van der Waals surface area contributed by atoms with Crippen molar-refractivity contribution in [3.8, 4) is 0 Å². The predicted octanol–water partition coefficient (Wildman–Crippen LogP) is 21.7. The highest BCUT2D eigenvalue weighted by atomic mass is 31.2. The Morgan fingerprint density at radius 1 is 0.290 bits per heavy atom.